The van der Waals surface area contributed by atoms with Crippen LogP contribution in [0.25, 0.3) is 0 Å². The molecule has 1 aliphatic heterocycles. The molecular weight excluding hydrogens is 262 g/mol. The van der Waals surface area contributed by atoms with E-state index in [1.165, 1.54) is 12.8 Å². The van der Waals surface area contributed by atoms with Gasteiger partial charge in [-0.1, -0.05) is 27.7 Å². The molecule has 21 heavy (non-hydrogen) atoms. The molecule has 1 aromatic heterocycles. The molecule has 0 aromatic carbocycles. The molecule has 0 spiro atoms. The van der Waals surface area contributed by atoms with Gasteiger partial charge in [0.05, 0.1) is 11.6 Å². The fourth-order valence-electron chi connectivity index (χ4n) is 3.32. The Hall–Kier alpha value is -0.970. The van der Waals surface area contributed by atoms with Crippen molar-refractivity contribution in [3.63, 3.8) is 0 Å². The summed E-state index contributed by atoms with van der Waals surface area (Å²) in [6.45, 7) is 15.8. The normalized spacial score (nSPS) is 22.7. The second-order valence-corrected chi connectivity index (χ2v) is 7.55. The van der Waals surface area contributed by atoms with Gasteiger partial charge in [0.2, 0.25) is 0 Å². The van der Waals surface area contributed by atoms with Crippen LogP contribution in [0.2, 0.25) is 0 Å². The van der Waals surface area contributed by atoms with Crippen LogP contribution in [0.15, 0.2) is 0 Å². The van der Waals surface area contributed by atoms with Gasteiger partial charge in [-0.2, -0.15) is 0 Å². The third-order valence-corrected chi connectivity index (χ3v) is 4.91. The second-order valence-electron chi connectivity index (χ2n) is 7.55. The van der Waals surface area contributed by atoms with Crippen LogP contribution in [-0.2, 0) is 5.54 Å². The largest absolute Gasteiger partial charge is 0.293 e. The first-order valence-corrected chi connectivity index (χ1v) is 8.39. The zero-order chi connectivity index (χ0) is 15.6. The number of aromatic nitrogens is 4. The van der Waals surface area contributed by atoms with Gasteiger partial charge in [0, 0.05) is 6.54 Å². The summed E-state index contributed by atoms with van der Waals surface area (Å²) in [7, 11) is 0. The van der Waals surface area contributed by atoms with Crippen molar-refractivity contribution in [2.75, 3.05) is 13.1 Å². The molecule has 0 saturated carbocycles. The van der Waals surface area contributed by atoms with Crippen molar-refractivity contribution in [2.24, 2.45) is 11.8 Å². The van der Waals surface area contributed by atoms with Crippen LogP contribution in [0.5, 0.6) is 0 Å². The highest BCUT2D eigenvalue weighted by Gasteiger charge is 2.34. The average molecular weight is 293 g/mol. The van der Waals surface area contributed by atoms with E-state index in [2.05, 4.69) is 66.6 Å². The van der Waals surface area contributed by atoms with E-state index in [1.807, 2.05) is 0 Å². The van der Waals surface area contributed by atoms with Crippen molar-refractivity contribution in [3.05, 3.63) is 5.82 Å². The number of hydrogen-bond acceptors (Lipinski definition) is 4. The van der Waals surface area contributed by atoms with Crippen molar-refractivity contribution in [1.29, 1.82) is 0 Å². The minimum atomic E-state index is -0.0343. The lowest BCUT2D eigenvalue weighted by molar-refractivity contribution is 0.0874. The van der Waals surface area contributed by atoms with E-state index in [0.29, 0.717) is 12.0 Å². The number of rotatable bonds is 5. The Morgan fingerprint density at radius 1 is 1.33 bits per heavy atom. The predicted octanol–water partition coefficient (Wildman–Crippen LogP) is 3.25. The molecule has 2 atom stereocenters. The second kappa shape index (κ2) is 6.42. The zero-order valence-corrected chi connectivity index (χ0v) is 14.5. The van der Waals surface area contributed by atoms with Crippen LogP contribution in [-0.4, -0.2) is 38.2 Å². The van der Waals surface area contributed by atoms with Crippen LogP contribution in [0.3, 0.4) is 0 Å². The molecule has 0 aliphatic carbocycles. The minimum Gasteiger partial charge on any atom is -0.293 e. The summed E-state index contributed by atoms with van der Waals surface area (Å²) in [4.78, 5) is 2.59. The van der Waals surface area contributed by atoms with Crippen molar-refractivity contribution in [1.82, 2.24) is 25.1 Å². The summed E-state index contributed by atoms with van der Waals surface area (Å²) in [5.74, 6) is 2.31. The molecule has 1 saturated heterocycles. The maximum absolute atomic E-state index is 4.41. The van der Waals surface area contributed by atoms with Gasteiger partial charge in [0.25, 0.3) is 0 Å². The maximum Gasteiger partial charge on any atom is 0.169 e. The highest BCUT2D eigenvalue weighted by molar-refractivity contribution is 4.99. The van der Waals surface area contributed by atoms with E-state index in [4.69, 9.17) is 0 Å². The molecule has 0 N–H and O–H groups in total. The van der Waals surface area contributed by atoms with Crippen molar-refractivity contribution in [2.45, 2.75) is 72.4 Å². The lowest BCUT2D eigenvalue weighted by atomic mass is 9.93. The third kappa shape index (κ3) is 3.44. The SMILES string of the molecule is CCC(C)(C)n1nnnc1[C@@H](C(C)C)N1CCC[C@@H](C)C1. The Morgan fingerprint density at radius 3 is 2.62 bits per heavy atom. The first kappa shape index (κ1) is 16.4. The average Bonchev–Trinajstić information content (AvgIpc) is 2.88. The molecular formula is C16H31N5. The van der Waals surface area contributed by atoms with Crippen molar-refractivity contribution in [3.8, 4) is 0 Å². The fourth-order valence-corrected chi connectivity index (χ4v) is 3.32. The minimum absolute atomic E-state index is 0.0343. The molecule has 0 unspecified atom stereocenters. The Morgan fingerprint density at radius 2 is 2.05 bits per heavy atom. The molecule has 2 rings (SSSR count). The first-order valence-electron chi connectivity index (χ1n) is 8.39. The summed E-state index contributed by atoms with van der Waals surface area (Å²) in [5, 5.41) is 12.7. The van der Waals surface area contributed by atoms with Gasteiger partial charge in [0.1, 0.15) is 0 Å². The predicted molar refractivity (Wildman–Crippen MR) is 85.0 cm³/mol. The topological polar surface area (TPSA) is 46.8 Å². The van der Waals surface area contributed by atoms with Gasteiger partial charge in [-0.25, -0.2) is 4.68 Å². The van der Waals surface area contributed by atoms with Crippen LogP contribution in [0.4, 0.5) is 0 Å². The molecule has 5 nitrogen and oxygen atoms in total. The monoisotopic (exact) mass is 293 g/mol. The van der Waals surface area contributed by atoms with E-state index in [0.717, 1.165) is 31.3 Å². The summed E-state index contributed by atoms with van der Waals surface area (Å²) in [6, 6.07) is 0.313. The lowest BCUT2D eigenvalue weighted by Crippen LogP contribution is -2.42. The summed E-state index contributed by atoms with van der Waals surface area (Å²) in [5.41, 5.74) is -0.0343. The summed E-state index contributed by atoms with van der Waals surface area (Å²) >= 11 is 0. The standard InChI is InChI=1S/C16H31N5/c1-7-16(5,6)21-15(17-18-19-21)14(12(2)3)20-10-8-9-13(4)11-20/h12-14H,7-11H2,1-6H3/t13-,14-/m1/s1. The Balaban J connectivity index is 2.33. The van der Waals surface area contributed by atoms with E-state index >= 15 is 0 Å². The van der Waals surface area contributed by atoms with Crippen molar-refractivity contribution >= 4 is 0 Å². The van der Waals surface area contributed by atoms with Gasteiger partial charge >= 0.3 is 0 Å². The lowest BCUT2D eigenvalue weighted by Gasteiger charge is -2.39. The number of tetrazole rings is 1. The van der Waals surface area contributed by atoms with E-state index in [-0.39, 0.29) is 5.54 Å². The number of nitrogens with zero attached hydrogens (tertiary/aromatic N) is 5. The number of piperidine rings is 1. The van der Waals surface area contributed by atoms with Gasteiger partial charge in [0.15, 0.2) is 5.82 Å². The molecule has 2 heterocycles. The molecule has 0 bridgehead atoms. The van der Waals surface area contributed by atoms with E-state index in [1.54, 1.807) is 0 Å². The number of hydrogen-bond donors (Lipinski definition) is 0. The third-order valence-electron chi connectivity index (χ3n) is 4.91. The van der Waals surface area contributed by atoms with E-state index in [9.17, 15) is 0 Å². The fraction of sp³-hybridized carbons (Fsp3) is 0.938. The molecule has 0 amide bonds. The maximum atomic E-state index is 4.41. The van der Waals surface area contributed by atoms with Gasteiger partial charge < -0.3 is 0 Å². The first-order chi connectivity index (χ1) is 9.86. The number of likely N-dealkylation sites (tertiary alicyclic amines) is 1. The summed E-state index contributed by atoms with van der Waals surface area (Å²) < 4.78 is 2.05. The Labute approximate surface area is 129 Å². The van der Waals surface area contributed by atoms with Crippen LogP contribution >= 0.6 is 0 Å². The quantitative estimate of drug-likeness (QED) is 0.836. The van der Waals surface area contributed by atoms with Gasteiger partial charge in [-0.05, 0) is 61.9 Å². The summed E-state index contributed by atoms with van der Waals surface area (Å²) in [6.07, 6.45) is 3.64. The Bertz CT molecular complexity index is 451. The highest BCUT2D eigenvalue weighted by atomic mass is 15.6. The highest BCUT2D eigenvalue weighted by Crippen LogP contribution is 2.33. The van der Waals surface area contributed by atoms with Gasteiger partial charge in [-0.15, -0.1) is 5.10 Å². The smallest absolute Gasteiger partial charge is 0.169 e. The van der Waals surface area contributed by atoms with Crippen LogP contribution in [0.1, 0.15) is 72.7 Å². The molecule has 1 aromatic rings. The van der Waals surface area contributed by atoms with Gasteiger partial charge in [-0.3, -0.25) is 4.90 Å². The van der Waals surface area contributed by atoms with Crippen molar-refractivity contribution < 1.29 is 0 Å². The van der Waals surface area contributed by atoms with E-state index < -0.39 is 0 Å². The molecule has 0 radical (unpaired) electrons. The molecule has 1 fully saturated rings. The molecule has 1 aliphatic rings. The van der Waals surface area contributed by atoms with Crippen LogP contribution in [0, 0.1) is 11.8 Å². The van der Waals surface area contributed by atoms with Crippen LogP contribution < -0.4 is 0 Å². The Kier molecular flexibility index (Phi) is 5.02. The molecule has 5 heteroatoms. The molecule has 120 valence electrons. The zero-order valence-electron chi connectivity index (χ0n) is 14.5.